The molecule has 3 unspecified atom stereocenters. The van der Waals surface area contributed by atoms with Crippen LogP contribution in [-0.4, -0.2) is 25.5 Å². The summed E-state index contributed by atoms with van der Waals surface area (Å²) in [4.78, 5) is 8.90. The summed E-state index contributed by atoms with van der Waals surface area (Å²) < 4.78 is 41.0. The molecular formula is C20H19F2N3OS2. The van der Waals surface area contributed by atoms with E-state index in [9.17, 15) is 13.0 Å². The van der Waals surface area contributed by atoms with Crippen LogP contribution in [0.2, 0.25) is 0 Å². The van der Waals surface area contributed by atoms with E-state index in [-0.39, 0.29) is 17.2 Å². The second-order valence-electron chi connectivity index (χ2n) is 7.15. The van der Waals surface area contributed by atoms with Gasteiger partial charge >= 0.3 is 0 Å². The Balaban J connectivity index is 1.66. The molecule has 0 aliphatic carbocycles. The van der Waals surface area contributed by atoms with Gasteiger partial charge in [0.2, 0.25) is 0 Å². The molecule has 0 amide bonds. The lowest BCUT2D eigenvalue weighted by Crippen LogP contribution is -2.51. The molecule has 2 heterocycles. The molecule has 0 radical (unpaired) electrons. The van der Waals surface area contributed by atoms with E-state index < -0.39 is 33.2 Å². The number of hydrogen-bond donors (Lipinski definition) is 1. The van der Waals surface area contributed by atoms with Crippen molar-refractivity contribution in [3.05, 3.63) is 64.2 Å². The Morgan fingerprint density at radius 1 is 1.29 bits per heavy atom. The van der Waals surface area contributed by atoms with Crippen molar-refractivity contribution in [1.29, 1.82) is 0 Å². The van der Waals surface area contributed by atoms with E-state index in [1.165, 1.54) is 0 Å². The van der Waals surface area contributed by atoms with Gasteiger partial charge in [0.1, 0.15) is 22.2 Å². The van der Waals surface area contributed by atoms with Crippen molar-refractivity contribution in [2.75, 3.05) is 5.75 Å². The van der Waals surface area contributed by atoms with Crippen LogP contribution in [0.25, 0.3) is 10.2 Å². The van der Waals surface area contributed by atoms with Crippen molar-refractivity contribution in [3.8, 4) is 0 Å². The summed E-state index contributed by atoms with van der Waals surface area (Å²) in [5.74, 6) is -0.848. The van der Waals surface area contributed by atoms with E-state index in [1.54, 1.807) is 18.3 Å². The first kappa shape index (κ1) is 19.1. The van der Waals surface area contributed by atoms with E-state index in [4.69, 9.17) is 5.73 Å². The van der Waals surface area contributed by atoms with Crippen LogP contribution in [0.5, 0.6) is 0 Å². The first-order valence-electron chi connectivity index (χ1n) is 8.79. The van der Waals surface area contributed by atoms with Gasteiger partial charge in [0.15, 0.2) is 0 Å². The summed E-state index contributed by atoms with van der Waals surface area (Å²) in [6, 6.07) is 8.40. The number of aliphatic imine (C=N–C) groups is 1. The first-order valence-corrected chi connectivity index (χ1v) is 10.9. The van der Waals surface area contributed by atoms with E-state index in [1.807, 2.05) is 25.1 Å². The molecule has 2 aromatic carbocycles. The van der Waals surface area contributed by atoms with Crippen LogP contribution >= 0.6 is 11.3 Å². The van der Waals surface area contributed by atoms with Gasteiger partial charge in [-0.25, -0.2) is 13.8 Å². The molecule has 1 aliphatic heterocycles. The molecule has 0 fully saturated rings. The first-order chi connectivity index (χ1) is 13.3. The zero-order valence-electron chi connectivity index (χ0n) is 15.4. The van der Waals surface area contributed by atoms with Crippen molar-refractivity contribution in [3.63, 3.8) is 0 Å². The maximum absolute atomic E-state index is 14.1. The molecule has 28 heavy (non-hydrogen) atoms. The standard InChI is InChI=1S/C20H19F2N3OS2/c1-11-24-16-7-12(3-6-18(16)27-11)9-20(2)19(23)25-17(10-28(20)26)14-8-13(21)4-5-15(14)22/h3-8,17H,9-10H2,1-2H3,(H2,23,25). The zero-order valence-corrected chi connectivity index (χ0v) is 17.0. The SMILES string of the molecule is Cc1nc2cc(CC3(C)C(N)=NC(c4cc(F)ccc4F)CS3=O)ccc2s1. The molecule has 4 nitrogen and oxygen atoms in total. The molecule has 3 aromatic rings. The highest BCUT2D eigenvalue weighted by atomic mass is 32.2. The van der Waals surface area contributed by atoms with Crippen LogP contribution < -0.4 is 5.73 Å². The summed E-state index contributed by atoms with van der Waals surface area (Å²) in [5.41, 5.74) is 8.16. The Kier molecular flexibility index (Phi) is 4.79. The van der Waals surface area contributed by atoms with Crippen molar-refractivity contribution in [2.45, 2.75) is 31.1 Å². The highest BCUT2D eigenvalue weighted by molar-refractivity contribution is 7.87. The number of aryl methyl sites for hydroxylation is 1. The minimum atomic E-state index is -1.41. The number of nitrogens with two attached hydrogens (primary N) is 1. The molecule has 1 aliphatic rings. The van der Waals surface area contributed by atoms with Crippen LogP contribution in [0, 0.1) is 18.6 Å². The van der Waals surface area contributed by atoms with Gasteiger partial charge in [0.05, 0.1) is 27.0 Å². The smallest absolute Gasteiger partial charge is 0.128 e. The van der Waals surface area contributed by atoms with Gasteiger partial charge in [-0.3, -0.25) is 9.20 Å². The molecule has 1 aromatic heterocycles. The van der Waals surface area contributed by atoms with E-state index in [0.29, 0.717) is 6.42 Å². The molecular weight excluding hydrogens is 400 g/mol. The largest absolute Gasteiger partial charge is 0.386 e. The second-order valence-corrected chi connectivity index (χ2v) is 10.3. The minimum Gasteiger partial charge on any atom is -0.386 e. The number of nitrogens with zero attached hydrogens (tertiary/aromatic N) is 2. The number of amidine groups is 1. The molecule has 0 bridgehead atoms. The summed E-state index contributed by atoms with van der Waals surface area (Å²) in [7, 11) is -1.41. The second kappa shape index (κ2) is 7.00. The van der Waals surface area contributed by atoms with Crippen LogP contribution in [0.4, 0.5) is 8.78 Å². The normalized spacial score (nSPS) is 25.1. The van der Waals surface area contributed by atoms with Crippen LogP contribution in [-0.2, 0) is 17.2 Å². The number of thiazole rings is 1. The maximum atomic E-state index is 14.1. The third-order valence-corrected chi connectivity index (χ3v) is 7.99. The van der Waals surface area contributed by atoms with Gasteiger partial charge in [-0.05, 0) is 56.2 Å². The third kappa shape index (κ3) is 3.35. The monoisotopic (exact) mass is 419 g/mol. The zero-order chi connectivity index (χ0) is 20.1. The van der Waals surface area contributed by atoms with Crippen molar-refractivity contribution < 1.29 is 13.0 Å². The Morgan fingerprint density at radius 3 is 2.82 bits per heavy atom. The fourth-order valence-corrected chi connectivity index (χ4v) is 5.80. The Bertz CT molecular complexity index is 1130. The Morgan fingerprint density at radius 2 is 2.07 bits per heavy atom. The fraction of sp³-hybridized carbons (Fsp3) is 0.300. The number of rotatable bonds is 3. The molecule has 4 rings (SSSR count). The molecule has 3 atom stereocenters. The van der Waals surface area contributed by atoms with Gasteiger partial charge in [-0.2, -0.15) is 0 Å². The fourth-order valence-electron chi connectivity index (χ4n) is 3.47. The number of benzene rings is 2. The number of hydrogen-bond acceptors (Lipinski definition) is 5. The van der Waals surface area contributed by atoms with E-state index >= 15 is 0 Å². The van der Waals surface area contributed by atoms with Crippen LogP contribution in [0.3, 0.4) is 0 Å². The molecule has 0 spiro atoms. The summed E-state index contributed by atoms with van der Waals surface area (Å²) in [5, 5.41) is 0.987. The molecule has 146 valence electrons. The lowest BCUT2D eigenvalue weighted by molar-refractivity contribution is 0.566. The molecule has 0 saturated carbocycles. The number of fused-ring (bicyclic) bond motifs is 1. The molecule has 0 saturated heterocycles. The lowest BCUT2D eigenvalue weighted by Gasteiger charge is -2.34. The maximum Gasteiger partial charge on any atom is 0.128 e. The third-order valence-electron chi connectivity index (χ3n) is 5.07. The highest BCUT2D eigenvalue weighted by Crippen LogP contribution is 2.34. The van der Waals surface area contributed by atoms with Crippen LogP contribution in [0.1, 0.15) is 29.1 Å². The summed E-state index contributed by atoms with van der Waals surface area (Å²) in [6.07, 6.45) is 0.430. The van der Waals surface area contributed by atoms with E-state index in [2.05, 4.69) is 9.98 Å². The van der Waals surface area contributed by atoms with Crippen LogP contribution in [0.15, 0.2) is 41.4 Å². The van der Waals surface area contributed by atoms with Crippen molar-refractivity contribution >= 4 is 38.2 Å². The lowest BCUT2D eigenvalue weighted by atomic mass is 9.98. The van der Waals surface area contributed by atoms with Crippen molar-refractivity contribution in [2.24, 2.45) is 10.7 Å². The molecule has 2 N–H and O–H groups in total. The summed E-state index contributed by atoms with van der Waals surface area (Å²) in [6.45, 7) is 3.76. The quantitative estimate of drug-likeness (QED) is 0.697. The van der Waals surface area contributed by atoms with Gasteiger partial charge in [0.25, 0.3) is 0 Å². The predicted octanol–water partition coefficient (Wildman–Crippen LogP) is 4.04. The highest BCUT2D eigenvalue weighted by Gasteiger charge is 2.42. The van der Waals surface area contributed by atoms with E-state index in [0.717, 1.165) is 39.0 Å². The Hall–Kier alpha value is -2.19. The van der Waals surface area contributed by atoms with Gasteiger partial charge in [0, 0.05) is 16.4 Å². The Labute approximate surface area is 168 Å². The topological polar surface area (TPSA) is 68.3 Å². The van der Waals surface area contributed by atoms with Gasteiger partial charge < -0.3 is 5.73 Å². The number of aromatic nitrogens is 1. The summed E-state index contributed by atoms with van der Waals surface area (Å²) >= 11 is 1.62. The predicted molar refractivity (Wildman–Crippen MR) is 110 cm³/mol. The number of halogens is 2. The molecule has 8 heteroatoms. The average molecular weight is 420 g/mol. The van der Waals surface area contributed by atoms with Crippen molar-refractivity contribution in [1.82, 2.24) is 4.98 Å². The van der Waals surface area contributed by atoms with Gasteiger partial charge in [-0.1, -0.05) is 6.07 Å². The van der Waals surface area contributed by atoms with Gasteiger partial charge in [-0.15, -0.1) is 11.3 Å². The average Bonchev–Trinajstić information content (AvgIpc) is 3.01. The minimum absolute atomic E-state index is 0.0812.